The van der Waals surface area contributed by atoms with Crippen molar-refractivity contribution in [1.29, 1.82) is 0 Å². The fourth-order valence-electron chi connectivity index (χ4n) is 2.49. The Hall–Kier alpha value is -1.15. The Kier molecular flexibility index (Phi) is 5.54. The summed E-state index contributed by atoms with van der Waals surface area (Å²) < 4.78 is 0. The molecule has 0 radical (unpaired) electrons. The molecule has 18 heavy (non-hydrogen) atoms. The fraction of sp³-hybridized carbons (Fsp3) is 0.562. The molecule has 1 aromatic carbocycles. The first-order chi connectivity index (χ1) is 8.41. The molecular weight excluding hydrogens is 222 g/mol. The number of benzene rings is 1. The lowest BCUT2D eigenvalue weighted by Crippen LogP contribution is -2.42. The van der Waals surface area contributed by atoms with Crippen LogP contribution in [0.2, 0.25) is 0 Å². The van der Waals surface area contributed by atoms with Crippen molar-refractivity contribution in [1.82, 2.24) is 4.90 Å². The predicted octanol–water partition coefficient (Wildman–Crippen LogP) is 3.08. The highest BCUT2D eigenvalue weighted by molar-refractivity contribution is 5.81. The first-order valence-electron chi connectivity index (χ1n) is 6.68. The molecule has 1 aromatic rings. The quantitative estimate of drug-likeness (QED) is 0.770. The van der Waals surface area contributed by atoms with Gasteiger partial charge in [-0.05, 0) is 38.8 Å². The minimum atomic E-state index is 0.0375. The average molecular weight is 247 g/mol. The van der Waals surface area contributed by atoms with E-state index in [0.29, 0.717) is 5.92 Å². The number of Topliss-reactive ketones (excluding diaryl/α,β-unsaturated/α-hetero) is 1. The smallest absolute Gasteiger partial charge is 0.147 e. The third-order valence-electron chi connectivity index (χ3n) is 3.40. The highest BCUT2D eigenvalue weighted by Gasteiger charge is 2.22. The topological polar surface area (TPSA) is 20.3 Å². The van der Waals surface area contributed by atoms with Crippen LogP contribution in [0.4, 0.5) is 0 Å². The van der Waals surface area contributed by atoms with Crippen molar-refractivity contribution in [2.45, 2.75) is 40.2 Å². The Balaban J connectivity index is 2.56. The number of carbonyl (C=O) groups is 1. The van der Waals surface area contributed by atoms with Crippen LogP contribution in [0.1, 0.15) is 31.9 Å². The molecule has 2 nitrogen and oxygen atoms in total. The Morgan fingerprint density at radius 2 is 1.78 bits per heavy atom. The number of nitrogens with zero attached hydrogens (tertiary/aromatic N) is 1. The van der Waals surface area contributed by atoms with Crippen LogP contribution in [0.25, 0.3) is 0 Å². The fourth-order valence-corrected chi connectivity index (χ4v) is 2.49. The van der Waals surface area contributed by atoms with E-state index in [1.54, 1.807) is 6.92 Å². The van der Waals surface area contributed by atoms with Crippen molar-refractivity contribution in [2.75, 3.05) is 13.6 Å². The van der Waals surface area contributed by atoms with Gasteiger partial charge in [-0.1, -0.05) is 43.7 Å². The summed E-state index contributed by atoms with van der Waals surface area (Å²) >= 11 is 0. The van der Waals surface area contributed by atoms with Gasteiger partial charge < -0.3 is 0 Å². The first-order valence-corrected chi connectivity index (χ1v) is 6.68. The lowest BCUT2D eigenvalue weighted by Gasteiger charge is -2.29. The van der Waals surface area contributed by atoms with Gasteiger partial charge >= 0.3 is 0 Å². The summed E-state index contributed by atoms with van der Waals surface area (Å²) in [4.78, 5) is 13.8. The van der Waals surface area contributed by atoms with E-state index in [-0.39, 0.29) is 11.8 Å². The second kappa shape index (κ2) is 6.69. The average Bonchev–Trinajstić information content (AvgIpc) is 2.27. The third kappa shape index (κ3) is 4.26. The molecule has 100 valence electrons. The van der Waals surface area contributed by atoms with Crippen LogP contribution in [0.15, 0.2) is 24.3 Å². The van der Waals surface area contributed by atoms with Gasteiger partial charge in [0.2, 0.25) is 0 Å². The summed E-state index contributed by atoms with van der Waals surface area (Å²) in [5.74, 6) is 0.627. The molecule has 0 aromatic heterocycles. The lowest BCUT2D eigenvalue weighted by molar-refractivity contribution is -0.123. The molecule has 0 unspecified atom stereocenters. The first kappa shape index (κ1) is 14.9. The summed E-state index contributed by atoms with van der Waals surface area (Å²) in [5, 5.41) is 0. The molecule has 0 fully saturated rings. The van der Waals surface area contributed by atoms with Gasteiger partial charge in [0.25, 0.3) is 0 Å². The Labute approximate surface area is 111 Å². The largest absolute Gasteiger partial charge is 0.298 e. The molecule has 0 N–H and O–H groups in total. The van der Waals surface area contributed by atoms with Crippen molar-refractivity contribution >= 4 is 5.78 Å². The van der Waals surface area contributed by atoms with E-state index in [0.717, 1.165) is 13.0 Å². The van der Waals surface area contributed by atoms with E-state index >= 15 is 0 Å². The van der Waals surface area contributed by atoms with Gasteiger partial charge in [-0.3, -0.25) is 9.69 Å². The molecule has 0 amide bonds. The van der Waals surface area contributed by atoms with Crippen LogP contribution in [-0.2, 0) is 11.2 Å². The minimum absolute atomic E-state index is 0.0375. The van der Waals surface area contributed by atoms with Crippen molar-refractivity contribution in [3.63, 3.8) is 0 Å². The third-order valence-corrected chi connectivity index (χ3v) is 3.40. The van der Waals surface area contributed by atoms with Crippen molar-refractivity contribution < 1.29 is 4.79 Å². The van der Waals surface area contributed by atoms with Gasteiger partial charge in [-0.2, -0.15) is 0 Å². The summed E-state index contributed by atoms with van der Waals surface area (Å²) in [5.41, 5.74) is 2.62. The van der Waals surface area contributed by atoms with Crippen LogP contribution in [-0.4, -0.2) is 30.3 Å². The number of likely N-dealkylation sites (N-methyl/N-ethyl adjacent to an activating group) is 1. The summed E-state index contributed by atoms with van der Waals surface area (Å²) in [6.07, 6.45) is 0.993. The zero-order chi connectivity index (χ0) is 13.7. The van der Waals surface area contributed by atoms with Gasteiger partial charge in [0.15, 0.2) is 0 Å². The van der Waals surface area contributed by atoms with E-state index < -0.39 is 0 Å². The second-order valence-corrected chi connectivity index (χ2v) is 5.52. The summed E-state index contributed by atoms with van der Waals surface area (Å²) in [6, 6.07) is 8.65. The van der Waals surface area contributed by atoms with Crippen LogP contribution in [0.5, 0.6) is 0 Å². The Morgan fingerprint density at radius 3 is 2.22 bits per heavy atom. The highest BCUT2D eigenvalue weighted by Crippen LogP contribution is 2.12. The number of aryl methyl sites for hydroxylation is 1. The maximum atomic E-state index is 11.6. The van der Waals surface area contributed by atoms with Crippen LogP contribution < -0.4 is 0 Å². The molecule has 0 saturated heterocycles. The zero-order valence-corrected chi connectivity index (χ0v) is 12.2. The van der Waals surface area contributed by atoms with Crippen LogP contribution >= 0.6 is 0 Å². The van der Waals surface area contributed by atoms with Crippen LogP contribution in [0, 0.1) is 12.8 Å². The van der Waals surface area contributed by atoms with Gasteiger partial charge in [0.05, 0.1) is 6.04 Å². The molecule has 0 saturated carbocycles. The summed E-state index contributed by atoms with van der Waals surface area (Å²) in [6.45, 7) is 8.92. The predicted molar refractivity (Wildman–Crippen MR) is 76.8 cm³/mol. The van der Waals surface area contributed by atoms with Gasteiger partial charge in [0.1, 0.15) is 5.78 Å². The molecule has 1 atom stereocenters. The van der Waals surface area contributed by atoms with Crippen molar-refractivity contribution in [3.05, 3.63) is 35.4 Å². The van der Waals surface area contributed by atoms with E-state index in [9.17, 15) is 4.79 Å². The van der Waals surface area contributed by atoms with Crippen molar-refractivity contribution in [3.8, 4) is 0 Å². The maximum absolute atomic E-state index is 11.6. The van der Waals surface area contributed by atoms with Gasteiger partial charge in [-0.15, -0.1) is 0 Å². The Morgan fingerprint density at radius 1 is 1.22 bits per heavy atom. The normalized spacial score (nSPS) is 13.1. The van der Waals surface area contributed by atoms with E-state index in [1.807, 2.05) is 7.05 Å². The standard InChI is InChI=1S/C16H25NO/c1-12(2)16(14(4)18)17(5)11-10-15-8-6-13(3)7-9-15/h6-9,12,16H,10-11H2,1-5H3/t16-/m0/s1. The number of hydrogen-bond donors (Lipinski definition) is 0. The van der Waals surface area contributed by atoms with Gasteiger partial charge in [-0.25, -0.2) is 0 Å². The van der Waals surface area contributed by atoms with Crippen LogP contribution in [0.3, 0.4) is 0 Å². The zero-order valence-electron chi connectivity index (χ0n) is 12.2. The molecule has 0 heterocycles. The number of ketones is 1. The van der Waals surface area contributed by atoms with E-state index in [4.69, 9.17) is 0 Å². The molecule has 0 aliphatic rings. The monoisotopic (exact) mass is 247 g/mol. The minimum Gasteiger partial charge on any atom is -0.298 e. The molecule has 0 aliphatic heterocycles. The molecule has 0 aliphatic carbocycles. The SMILES string of the molecule is CC(=O)[C@H](C(C)C)N(C)CCc1ccc(C)cc1. The molecular formula is C16H25NO. The van der Waals surface area contributed by atoms with Gasteiger partial charge in [0, 0.05) is 6.54 Å². The van der Waals surface area contributed by atoms with E-state index in [2.05, 4.69) is 49.9 Å². The molecule has 0 bridgehead atoms. The second-order valence-electron chi connectivity index (χ2n) is 5.52. The lowest BCUT2D eigenvalue weighted by atomic mass is 9.99. The number of hydrogen-bond acceptors (Lipinski definition) is 2. The molecule has 0 spiro atoms. The molecule has 1 rings (SSSR count). The highest BCUT2D eigenvalue weighted by atomic mass is 16.1. The summed E-state index contributed by atoms with van der Waals surface area (Å²) in [7, 11) is 2.04. The van der Waals surface area contributed by atoms with Crippen molar-refractivity contribution in [2.24, 2.45) is 5.92 Å². The molecule has 2 heteroatoms. The number of rotatable bonds is 6. The Bertz CT molecular complexity index is 381. The maximum Gasteiger partial charge on any atom is 0.147 e. The number of carbonyl (C=O) groups excluding carboxylic acids is 1. The van der Waals surface area contributed by atoms with E-state index in [1.165, 1.54) is 11.1 Å².